The molecule has 0 radical (unpaired) electrons. The molecule has 1 N–H and O–H groups in total. The molecule has 0 bridgehead atoms. The van der Waals surface area contributed by atoms with Crippen LogP contribution in [-0.4, -0.2) is 37.1 Å². The average Bonchev–Trinajstić information content (AvgIpc) is 2.54. The van der Waals surface area contributed by atoms with Crippen LogP contribution in [0.1, 0.15) is 19.8 Å². The molecule has 76 valence electrons. The highest BCUT2D eigenvalue weighted by atomic mass is 35.5. The highest BCUT2D eigenvalue weighted by Crippen LogP contribution is 2.12. The second-order valence-electron chi connectivity index (χ2n) is 3.63. The Bertz CT molecular complexity index is 164. The lowest BCUT2D eigenvalue weighted by molar-refractivity contribution is 0.229. The van der Waals surface area contributed by atoms with E-state index in [0.29, 0.717) is 6.04 Å². The van der Waals surface area contributed by atoms with Crippen molar-refractivity contribution in [3.8, 4) is 0 Å². The molecule has 1 rings (SSSR count). The topological polar surface area (TPSA) is 15.3 Å². The van der Waals surface area contributed by atoms with Crippen molar-refractivity contribution in [2.24, 2.45) is 0 Å². The first-order chi connectivity index (χ1) is 6.24. The van der Waals surface area contributed by atoms with Crippen molar-refractivity contribution in [3.63, 3.8) is 0 Å². The summed E-state index contributed by atoms with van der Waals surface area (Å²) in [5, 5.41) is 4.12. The van der Waals surface area contributed by atoms with E-state index in [4.69, 9.17) is 11.6 Å². The van der Waals surface area contributed by atoms with Gasteiger partial charge in [-0.2, -0.15) is 0 Å². The standard InChI is InChI=1S/C10H19ClN2/c1-3-6-13(8-9(2)11)10-4-5-12-7-10/h10,12H,2-8H2,1H3. The van der Waals surface area contributed by atoms with Gasteiger partial charge in [-0.1, -0.05) is 25.1 Å². The second kappa shape index (κ2) is 5.63. The van der Waals surface area contributed by atoms with Crippen LogP contribution in [0.15, 0.2) is 11.6 Å². The lowest BCUT2D eigenvalue weighted by Crippen LogP contribution is -2.38. The van der Waals surface area contributed by atoms with Crippen molar-refractivity contribution in [3.05, 3.63) is 11.6 Å². The van der Waals surface area contributed by atoms with Crippen molar-refractivity contribution >= 4 is 11.6 Å². The predicted molar refractivity (Wildman–Crippen MR) is 58.1 cm³/mol. The van der Waals surface area contributed by atoms with Crippen LogP contribution in [0.4, 0.5) is 0 Å². The normalized spacial score (nSPS) is 22.5. The molecule has 1 atom stereocenters. The lowest BCUT2D eigenvalue weighted by Gasteiger charge is -2.27. The first kappa shape index (κ1) is 11.0. The Kier molecular flexibility index (Phi) is 4.78. The van der Waals surface area contributed by atoms with Gasteiger partial charge >= 0.3 is 0 Å². The number of hydrogen-bond acceptors (Lipinski definition) is 2. The van der Waals surface area contributed by atoms with Gasteiger partial charge in [-0.05, 0) is 25.9 Å². The number of nitrogens with one attached hydrogen (secondary N) is 1. The lowest BCUT2D eigenvalue weighted by atomic mass is 10.2. The summed E-state index contributed by atoms with van der Waals surface area (Å²) in [5.74, 6) is 0. The summed E-state index contributed by atoms with van der Waals surface area (Å²) in [6.45, 7) is 10.2. The van der Waals surface area contributed by atoms with E-state index in [0.717, 1.165) is 31.2 Å². The van der Waals surface area contributed by atoms with Gasteiger partial charge in [-0.3, -0.25) is 4.90 Å². The third-order valence-electron chi connectivity index (χ3n) is 2.44. The molecule has 1 heterocycles. The van der Waals surface area contributed by atoms with Gasteiger partial charge < -0.3 is 5.32 Å². The van der Waals surface area contributed by atoms with E-state index in [9.17, 15) is 0 Å². The van der Waals surface area contributed by atoms with Crippen LogP contribution >= 0.6 is 11.6 Å². The molecule has 1 saturated heterocycles. The van der Waals surface area contributed by atoms with E-state index in [-0.39, 0.29) is 0 Å². The van der Waals surface area contributed by atoms with Crippen molar-refractivity contribution in [1.29, 1.82) is 0 Å². The Morgan fingerprint density at radius 1 is 1.69 bits per heavy atom. The third kappa shape index (κ3) is 3.67. The minimum atomic E-state index is 0.662. The molecule has 0 aromatic rings. The highest BCUT2D eigenvalue weighted by Gasteiger charge is 2.21. The molecular formula is C10H19ClN2. The van der Waals surface area contributed by atoms with Gasteiger partial charge in [0.15, 0.2) is 0 Å². The number of halogens is 1. The van der Waals surface area contributed by atoms with Crippen molar-refractivity contribution < 1.29 is 0 Å². The molecule has 0 spiro atoms. The maximum absolute atomic E-state index is 5.83. The van der Waals surface area contributed by atoms with Gasteiger partial charge in [0.1, 0.15) is 0 Å². The smallest absolute Gasteiger partial charge is 0.0339 e. The van der Waals surface area contributed by atoms with E-state index in [1.165, 1.54) is 12.8 Å². The second-order valence-corrected chi connectivity index (χ2v) is 4.17. The molecule has 0 aromatic carbocycles. The van der Waals surface area contributed by atoms with Crippen molar-refractivity contribution in [2.75, 3.05) is 26.2 Å². The van der Waals surface area contributed by atoms with Gasteiger partial charge in [0.25, 0.3) is 0 Å². The van der Waals surface area contributed by atoms with Crippen LogP contribution in [0.5, 0.6) is 0 Å². The van der Waals surface area contributed by atoms with Crippen LogP contribution in [0.2, 0.25) is 0 Å². The van der Waals surface area contributed by atoms with Crippen LogP contribution in [-0.2, 0) is 0 Å². The van der Waals surface area contributed by atoms with Gasteiger partial charge in [-0.15, -0.1) is 0 Å². The number of rotatable bonds is 5. The minimum Gasteiger partial charge on any atom is -0.315 e. The monoisotopic (exact) mass is 202 g/mol. The predicted octanol–water partition coefficient (Wildman–Crippen LogP) is 1.81. The maximum atomic E-state index is 5.83. The first-order valence-electron chi connectivity index (χ1n) is 5.02. The largest absolute Gasteiger partial charge is 0.315 e. The number of hydrogen-bond donors (Lipinski definition) is 1. The van der Waals surface area contributed by atoms with Gasteiger partial charge in [-0.25, -0.2) is 0 Å². The zero-order chi connectivity index (χ0) is 9.68. The van der Waals surface area contributed by atoms with E-state index >= 15 is 0 Å². The van der Waals surface area contributed by atoms with Crippen molar-refractivity contribution in [1.82, 2.24) is 10.2 Å². The van der Waals surface area contributed by atoms with E-state index in [1.807, 2.05) is 0 Å². The molecule has 1 aliphatic rings. The summed E-state index contributed by atoms with van der Waals surface area (Å²) in [6, 6.07) is 0.662. The summed E-state index contributed by atoms with van der Waals surface area (Å²) >= 11 is 5.83. The molecule has 0 aromatic heterocycles. The Hall–Kier alpha value is -0.0500. The Balaban J connectivity index is 2.39. The molecule has 13 heavy (non-hydrogen) atoms. The zero-order valence-corrected chi connectivity index (χ0v) is 9.11. The first-order valence-corrected chi connectivity index (χ1v) is 5.40. The summed E-state index contributed by atoms with van der Waals surface area (Å²) < 4.78 is 0. The Labute approximate surface area is 85.9 Å². The fraction of sp³-hybridized carbons (Fsp3) is 0.800. The molecule has 3 heteroatoms. The molecule has 1 fully saturated rings. The van der Waals surface area contributed by atoms with E-state index in [2.05, 4.69) is 23.7 Å². The molecule has 0 aliphatic carbocycles. The molecule has 1 unspecified atom stereocenters. The Morgan fingerprint density at radius 3 is 2.92 bits per heavy atom. The Morgan fingerprint density at radius 2 is 2.46 bits per heavy atom. The molecule has 1 aliphatic heterocycles. The van der Waals surface area contributed by atoms with Crippen LogP contribution in [0.25, 0.3) is 0 Å². The van der Waals surface area contributed by atoms with E-state index in [1.54, 1.807) is 0 Å². The van der Waals surface area contributed by atoms with Gasteiger partial charge in [0, 0.05) is 24.2 Å². The fourth-order valence-electron chi connectivity index (χ4n) is 1.85. The molecule has 0 amide bonds. The van der Waals surface area contributed by atoms with Crippen LogP contribution in [0, 0.1) is 0 Å². The average molecular weight is 203 g/mol. The molecular weight excluding hydrogens is 184 g/mol. The minimum absolute atomic E-state index is 0.662. The molecule has 2 nitrogen and oxygen atoms in total. The van der Waals surface area contributed by atoms with Gasteiger partial charge in [0.05, 0.1) is 0 Å². The molecule has 0 saturated carbocycles. The van der Waals surface area contributed by atoms with Crippen LogP contribution < -0.4 is 5.32 Å². The summed E-state index contributed by atoms with van der Waals surface area (Å²) in [7, 11) is 0. The quantitative estimate of drug-likeness (QED) is 0.732. The van der Waals surface area contributed by atoms with Crippen LogP contribution in [0.3, 0.4) is 0 Å². The van der Waals surface area contributed by atoms with Gasteiger partial charge in [0.2, 0.25) is 0 Å². The number of nitrogens with zero attached hydrogens (tertiary/aromatic N) is 1. The summed E-state index contributed by atoms with van der Waals surface area (Å²) in [6.07, 6.45) is 2.42. The zero-order valence-electron chi connectivity index (χ0n) is 8.35. The highest BCUT2D eigenvalue weighted by molar-refractivity contribution is 6.29. The third-order valence-corrected chi connectivity index (χ3v) is 2.56. The maximum Gasteiger partial charge on any atom is 0.0339 e. The van der Waals surface area contributed by atoms with E-state index < -0.39 is 0 Å². The fourth-order valence-corrected chi connectivity index (χ4v) is 2.00. The van der Waals surface area contributed by atoms with Crippen molar-refractivity contribution in [2.45, 2.75) is 25.8 Å². The summed E-state index contributed by atoms with van der Waals surface area (Å²) in [5.41, 5.74) is 0. The SMILES string of the molecule is C=C(Cl)CN(CCC)C1CCNC1. The summed E-state index contributed by atoms with van der Waals surface area (Å²) in [4.78, 5) is 2.43.